The number of hydrogen-bond acceptors (Lipinski definition) is 4. The summed E-state index contributed by atoms with van der Waals surface area (Å²) >= 11 is 0. The van der Waals surface area contributed by atoms with Gasteiger partial charge in [0.2, 0.25) is 0 Å². The Labute approximate surface area is 396 Å². The molecule has 4 heterocycles. The summed E-state index contributed by atoms with van der Waals surface area (Å²) in [5, 5.41) is 6.68. The van der Waals surface area contributed by atoms with Crippen LogP contribution in [0.1, 0.15) is 0 Å². The van der Waals surface area contributed by atoms with Crippen LogP contribution in [0.2, 0.25) is 0 Å². The van der Waals surface area contributed by atoms with Crippen molar-refractivity contribution in [2.24, 2.45) is 0 Å². The highest BCUT2D eigenvalue weighted by Crippen LogP contribution is 2.45. The summed E-state index contributed by atoms with van der Waals surface area (Å²) in [4.78, 5) is 15.9. The van der Waals surface area contributed by atoms with Crippen molar-refractivity contribution >= 4 is 65.6 Å². The fraction of sp³-hybridized carbons (Fsp3) is 0. The largest absolute Gasteiger partial charge is 0.456 e. The quantitative estimate of drug-likeness (QED) is 0.160. The standard InChI is InChI=1S/C63H39N5O/c1-5-17-40(18-6-1)61-64-62(41-19-7-2-8-20-41)66-63(65-61)60-47(44-30-34-56-51(39-44)49-26-14-16-28-54(49)68(56)46-23-11-4-12-24-46)32-36-58-59(60)52-38-43(31-35-57(52)69-58)42-29-33-55-50(37-42)48-25-13-15-27-53(48)67(55)45-21-9-3-10-22-45/h1-39H. The second kappa shape index (κ2) is 15.6. The molecule has 0 unspecified atom stereocenters. The van der Waals surface area contributed by atoms with E-state index in [2.05, 4.69) is 209 Å². The Bertz CT molecular complexity index is 4230. The van der Waals surface area contributed by atoms with E-state index in [1.807, 2.05) is 36.4 Å². The molecule has 0 fully saturated rings. The van der Waals surface area contributed by atoms with E-state index in [0.29, 0.717) is 17.5 Å². The molecule has 14 rings (SSSR count). The Morgan fingerprint density at radius 2 is 0.710 bits per heavy atom. The molecule has 0 aliphatic rings. The summed E-state index contributed by atoms with van der Waals surface area (Å²) in [6.07, 6.45) is 0. The monoisotopic (exact) mass is 881 g/mol. The molecule has 0 bridgehead atoms. The molecular formula is C63H39N5O. The first-order chi connectivity index (χ1) is 34.2. The molecule has 322 valence electrons. The molecule has 0 N–H and O–H groups in total. The average Bonchev–Trinajstić information content (AvgIpc) is 4.08. The molecule has 0 spiro atoms. The minimum Gasteiger partial charge on any atom is -0.456 e. The lowest BCUT2D eigenvalue weighted by molar-refractivity contribution is 0.669. The van der Waals surface area contributed by atoms with Gasteiger partial charge in [0.05, 0.1) is 22.1 Å². The van der Waals surface area contributed by atoms with Crippen LogP contribution in [-0.4, -0.2) is 24.1 Å². The van der Waals surface area contributed by atoms with Crippen LogP contribution in [0, 0.1) is 0 Å². The number of furan rings is 1. The Kier molecular flexibility index (Phi) is 8.79. The lowest BCUT2D eigenvalue weighted by Gasteiger charge is -2.14. The van der Waals surface area contributed by atoms with Crippen molar-refractivity contribution in [2.75, 3.05) is 0 Å². The Balaban J connectivity index is 1.04. The number of rotatable bonds is 7. The first kappa shape index (κ1) is 38.8. The fourth-order valence-corrected chi connectivity index (χ4v) is 10.4. The molecule has 4 aromatic heterocycles. The molecule has 69 heavy (non-hydrogen) atoms. The maximum atomic E-state index is 6.81. The van der Waals surface area contributed by atoms with Gasteiger partial charge in [0.25, 0.3) is 0 Å². The number of benzene rings is 10. The van der Waals surface area contributed by atoms with E-state index in [1.165, 1.54) is 21.7 Å². The van der Waals surface area contributed by atoms with Crippen LogP contribution >= 0.6 is 0 Å². The highest BCUT2D eigenvalue weighted by molar-refractivity contribution is 6.18. The lowest BCUT2D eigenvalue weighted by atomic mass is 9.92. The first-order valence-electron chi connectivity index (χ1n) is 23.3. The van der Waals surface area contributed by atoms with Crippen molar-refractivity contribution in [1.29, 1.82) is 0 Å². The number of aromatic nitrogens is 5. The van der Waals surface area contributed by atoms with Crippen LogP contribution in [-0.2, 0) is 0 Å². The summed E-state index contributed by atoms with van der Waals surface area (Å²) in [5.41, 5.74) is 15.4. The van der Waals surface area contributed by atoms with Gasteiger partial charge < -0.3 is 13.6 Å². The zero-order chi connectivity index (χ0) is 45.4. The molecule has 10 aromatic carbocycles. The van der Waals surface area contributed by atoms with E-state index in [1.54, 1.807) is 0 Å². The lowest BCUT2D eigenvalue weighted by Crippen LogP contribution is -2.01. The van der Waals surface area contributed by atoms with E-state index in [9.17, 15) is 0 Å². The summed E-state index contributed by atoms with van der Waals surface area (Å²) < 4.78 is 11.5. The van der Waals surface area contributed by atoms with E-state index in [-0.39, 0.29) is 0 Å². The van der Waals surface area contributed by atoms with Gasteiger partial charge in [-0.3, -0.25) is 0 Å². The van der Waals surface area contributed by atoms with Crippen molar-refractivity contribution < 1.29 is 4.42 Å². The second-order valence-corrected chi connectivity index (χ2v) is 17.6. The molecule has 6 heteroatoms. The maximum Gasteiger partial charge on any atom is 0.165 e. The average molecular weight is 882 g/mol. The van der Waals surface area contributed by atoms with Crippen LogP contribution in [0.3, 0.4) is 0 Å². The normalized spacial score (nSPS) is 11.8. The highest BCUT2D eigenvalue weighted by atomic mass is 16.3. The molecular weight excluding hydrogens is 843 g/mol. The summed E-state index contributed by atoms with van der Waals surface area (Å²) in [6.45, 7) is 0. The van der Waals surface area contributed by atoms with Gasteiger partial charge in [-0.05, 0) is 107 Å². The van der Waals surface area contributed by atoms with Crippen LogP contribution in [0.5, 0.6) is 0 Å². The van der Waals surface area contributed by atoms with Gasteiger partial charge in [0.1, 0.15) is 11.2 Å². The SMILES string of the molecule is c1ccc(-c2nc(-c3ccccc3)nc(-c3c(-c4ccc5c(c4)c4ccccc4n5-c4ccccc4)ccc4oc5ccc(-c6ccc7c(c6)c6ccccc6n7-c6ccccc6)cc5c34)n2)cc1. The second-order valence-electron chi connectivity index (χ2n) is 17.6. The molecule has 0 radical (unpaired) electrons. The molecule has 0 aliphatic carbocycles. The van der Waals surface area contributed by atoms with Gasteiger partial charge in [0.15, 0.2) is 17.5 Å². The number of para-hydroxylation sites is 4. The third kappa shape index (κ3) is 6.30. The molecule has 14 aromatic rings. The topological polar surface area (TPSA) is 61.7 Å². The zero-order valence-corrected chi connectivity index (χ0v) is 37.2. The predicted octanol–water partition coefficient (Wildman–Crippen LogP) is 16.3. The highest BCUT2D eigenvalue weighted by Gasteiger charge is 2.24. The third-order valence-corrected chi connectivity index (χ3v) is 13.6. The minimum absolute atomic E-state index is 0.568. The van der Waals surface area contributed by atoms with Crippen molar-refractivity contribution in [2.45, 2.75) is 0 Å². The predicted molar refractivity (Wildman–Crippen MR) is 283 cm³/mol. The van der Waals surface area contributed by atoms with Crippen molar-refractivity contribution in [1.82, 2.24) is 24.1 Å². The van der Waals surface area contributed by atoms with Gasteiger partial charge in [-0.15, -0.1) is 0 Å². The molecule has 0 saturated carbocycles. The molecule has 0 atom stereocenters. The summed E-state index contributed by atoms with van der Waals surface area (Å²) in [7, 11) is 0. The number of nitrogens with zero attached hydrogens (tertiary/aromatic N) is 5. The van der Waals surface area contributed by atoms with Gasteiger partial charge >= 0.3 is 0 Å². The van der Waals surface area contributed by atoms with Crippen molar-refractivity contribution in [3.63, 3.8) is 0 Å². The minimum atomic E-state index is 0.568. The molecule has 0 saturated heterocycles. The summed E-state index contributed by atoms with van der Waals surface area (Å²) in [6, 6.07) is 83.3. The van der Waals surface area contributed by atoms with Gasteiger partial charge in [-0.1, -0.05) is 152 Å². The summed E-state index contributed by atoms with van der Waals surface area (Å²) in [5.74, 6) is 1.76. The third-order valence-electron chi connectivity index (χ3n) is 13.6. The number of hydrogen-bond donors (Lipinski definition) is 0. The smallest absolute Gasteiger partial charge is 0.165 e. The molecule has 0 amide bonds. The van der Waals surface area contributed by atoms with E-state index in [4.69, 9.17) is 19.4 Å². The maximum absolute atomic E-state index is 6.81. The van der Waals surface area contributed by atoms with Crippen LogP contribution in [0.15, 0.2) is 241 Å². The Hall–Kier alpha value is -9.39. The van der Waals surface area contributed by atoms with Gasteiger partial charge in [0, 0.05) is 60.4 Å². The Morgan fingerprint density at radius 3 is 1.28 bits per heavy atom. The fourth-order valence-electron chi connectivity index (χ4n) is 10.4. The first-order valence-corrected chi connectivity index (χ1v) is 23.3. The van der Waals surface area contributed by atoms with Crippen LogP contribution in [0.25, 0.3) is 133 Å². The van der Waals surface area contributed by atoms with E-state index in [0.717, 1.165) is 94.2 Å². The molecule has 6 nitrogen and oxygen atoms in total. The van der Waals surface area contributed by atoms with Crippen molar-refractivity contribution in [3.8, 4) is 67.8 Å². The molecule has 0 aliphatic heterocycles. The van der Waals surface area contributed by atoms with E-state index < -0.39 is 0 Å². The van der Waals surface area contributed by atoms with Crippen LogP contribution in [0.4, 0.5) is 0 Å². The van der Waals surface area contributed by atoms with Gasteiger partial charge in [-0.25, -0.2) is 15.0 Å². The van der Waals surface area contributed by atoms with Gasteiger partial charge in [-0.2, -0.15) is 0 Å². The zero-order valence-electron chi connectivity index (χ0n) is 37.2. The Morgan fingerprint density at radius 1 is 0.290 bits per heavy atom. The van der Waals surface area contributed by atoms with Crippen molar-refractivity contribution in [3.05, 3.63) is 237 Å². The number of fused-ring (bicyclic) bond motifs is 9. The van der Waals surface area contributed by atoms with E-state index >= 15 is 0 Å². The van der Waals surface area contributed by atoms with Crippen LogP contribution < -0.4 is 0 Å².